The van der Waals surface area contributed by atoms with Crippen LogP contribution in [0.2, 0.25) is 5.02 Å². The molecule has 4 nitrogen and oxygen atoms in total. The summed E-state index contributed by atoms with van der Waals surface area (Å²) in [6.45, 7) is 1.05. The van der Waals surface area contributed by atoms with Crippen LogP contribution in [0.5, 0.6) is 0 Å². The topological polar surface area (TPSA) is 51.5 Å². The lowest BCUT2D eigenvalue weighted by atomic mass is 9.93. The summed E-state index contributed by atoms with van der Waals surface area (Å²) in [7, 11) is 0. The second kappa shape index (κ2) is 8.36. The highest BCUT2D eigenvalue weighted by Crippen LogP contribution is 2.24. The quantitative estimate of drug-likeness (QED) is 0.601. The lowest BCUT2D eigenvalue weighted by Crippen LogP contribution is -2.14. The van der Waals surface area contributed by atoms with Crippen molar-refractivity contribution in [2.24, 2.45) is 4.99 Å². The molecule has 0 unspecified atom stereocenters. The van der Waals surface area contributed by atoms with Crippen molar-refractivity contribution in [1.29, 1.82) is 0 Å². The van der Waals surface area contributed by atoms with Gasteiger partial charge in [-0.05, 0) is 48.4 Å². The Morgan fingerprint density at radius 3 is 2.71 bits per heavy atom. The first kappa shape index (κ1) is 18.4. The monoisotopic (exact) mass is 390 g/mol. The third-order valence-electron chi connectivity index (χ3n) is 4.69. The van der Waals surface area contributed by atoms with Crippen LogP contribution in [-0.2, 0) is 17.6 Å². The number of fused-ring (bicyclic) bond motifs is 1. The van der Waals surface area contributed by atoms with Gasteiger partial charge in [0.2, 0.25) is 0 Å². The van der Waals surface area contributed by atoms with E-state index in [1.54, 1.807) is 18.3 Å². The Morgan fingerprint density at radius 2 is 1.93 bits per heavy atom. The maximum atomic E-state index is 12.3. The predicted molar refractivity (Wildman–Crippen MR) is 110 cm³/mol. The van der Waals surface area contributed by atoms with Gasteiger partial charge in [-0.15, -0.1) is 0 Å². The largest absolute Gasteiger partial charge is 0.462 e. The van der Waals surface area contributed by atoms with Gasteiger partial charge in [-0.1, -0.05) is 35.9 Å². The van der Waals surface area contributed by atoms with Gasteiger partial charge < -0.3 is 4.74 Å². The van der Waals surface area contributed by atoms with Crippen LogP contribution in [0.3, 0.4) is 0 Å². The molecule has 0 saturated carbocycles. The number of esters is 1. The number of benzene rings is 2. The van der Waals surface area contributed by atoms with Crippen molar-refractivity contribution in [2.75, 3.05) is 13.2 Å². The molecule has 0 spiro atoms. The first-order valence-corrected chi connectivity index (χ1v) is 9.59. The summed E-state index contributed by atoms with van der Waals surface area (Å²) in [6.07, 6.45) is 3.24. The van der Waals surface area contributed by atoms with Crippen molar-refractivity contribution in [3.05, 3.63) is 99.8 Å². The van der Waals surface area contributed by atoms with E-state index in [0.29, 0.717) is 23.6 Å². The summed E-state index contributed by atoms with van der Waals surface area (Å²) in [5.74, 6) is -0.337. The highest BCUT2D eigenvalue weighted by atomic mass is 35.5. The first-order chi connectivity index (χ1) is 13.7. The van der Waals surface area contributed by atoms with Crippen molar-refractivity contribution in [3.8, 4) is 0 Å². The molecule has 0 radical (unpaired) electrons. The number of carbonyl (C=O) groups is 1. The van der Waals surface area contributed by atoms with Crippen LogP contribution in [0.1, 0.15) is 32.7 Å². The van der Waals surface area contributed by atoms with E-state index in [-0.39, 0.29) is 5.97 Å². The van der Waals surface area contributed by atoms with E-state index in [1.165, 1.54) is 5.56 Å². The van der Waals surface area contributed by atoms with Crippen LogP contribution >= 0.6 is 11.6 Å². The zero-order chi connectivity index (χ0) is 19.3. The number of ether oxygens (including phenoxy) is 1. The van der Waals surface area contributed by atoms with Crippen LogP contribution in [-0.4, -0.2) is 29.8 Å². The zero-order valence-corrected chi connectivity index (χ0v) is 16.0. The predicted octanol–water partition coefficient (Wildman–Crippen LogP) is 4.53. The minimum absolute atomic E-state index is 0.302. The summed E-state index contributed by atoms with van der Waals surface area (Å²) in [4.78, 5) is 21.2. The molecule has 0 bridgehead atoms. The molecule has 28 heavy (non-hydrogen) atoms. The van der Waals surface area contributed by atoms with Crippen LogP contribution in [0.25, 0.3) is 0 Å². The molecular formula is C23H19ClN2O2. The van der Waals surface area contributed by atoms with Crippen LogP contribution < -0.4 is 0 Å². The molecule has 0 atom stereocenters. The van der Waals surface area contributed by atoms with Crippen LogP contribution in [0, 0.1) is 0 Å². The standard InChI is InChI=1S/C23H19ClN2O2/c24-19-9-8-16-10-13-26-22(21(16)15-19)17-4-6-18(7-5-17)23(27)28-14-11-20-3-1-2-12-25-20/h1-9,12,15H,10-11,13-14H2. The second-order valence-corrected chi connectivity index (χ2v) is 7.00. The second-order valence-electron chi connectivity index (χ2n) is 6.57. The summed E-state index contributed by atoms with van der Waals surface area (Å²) in [5, 5.41) is 0.696. The molecule has 3 aromatic rings. The number of carbonyl (C=O) groups excluding carboxylic acids is 1. The number of nitrogens with zero attached hydrogens (tertiary/aromatic N) is 2. The van der Waals surface area contributed by atoms with Crippen molar-refractivity contribution >= 4 is 23.3 Å². The van der Waals surface area contributed by atoms with E-state index in [1.807, 2.05) is 42.5 Å². The Morgan fingerprint density at radius 1 is 1.07 bits per heavy atom. The average molecular weight is 391 g/mol. The first-order valence-electron chi connectivity index (χ1n) is 9.21. The van der Waals surface area contributed by atoms with E-state index < -0.39 is 0 Å². The number of aromatic nitrogens is 1. The van der Waals surface area contributed by atoms with Crippen molar-refractivity contribution < 1.29 is 9.53 Å². The summed E-state index contributed by atoms with van der Waals surface area (Å²) < 4.78 is 5.36. The molecular weight excluding hydrogens is 372 g/mol. The summed E-state index contributed by atoms with van der Waals surface area (Å²) >= 11 is 6.17. The Hall–Kier alpha value is -2.98. The molecule has 1 aliphatic heterocycles. The maximum absolute atomic E-state index is 12.3. The van der Waals surface area contributed by atoms with Crippen LogP contribution in [0.4, 0.5) is 0 Å². The van der Waals surface area contributed by atoms with Gasteiger partial charge in [-0.3, -0.25) is 9.98 Å². The van der Waals surface area contributed by atoms with Gasteiger partial charge >= 0.3 is 5.97 Å². The van der Waals surface area contributed by atoms with E-state index >= 15 is 0 Å². The molecule has 0 fully saturated rings. The molecule has 140 valence electrons. The van der Waals surface area contributed by atoms with Gasteiger partial charge in [-0.25, -0.2) is 4.79 Å². The third-order valence-corrected chi connectivity index (χ3v) is 4.92. The SMILES string of the molecule is O=C(OCCc1ccccn1)c1ccc(C2=NCCc3ccc(Cl)cc32)cc1. The summed E-state index contributed by atoms with van der Waals surface area (Å²) in [6, 6.07) is 19.0. The third kappa shape index (κ3) is 4.12. The fourth-order valence-electron chi connectivity index (χ4n) is 3.25. The highest BCUT2D eigenvalue weighted by Gasteiger charge is 2.17. The highest BCUT2D eigenvalue weighted by molar-refractivity contribution is 6.31. The van der Waals surface area contributed by atoms with E-state index in [0.717, 1.165) is 35.5 Å². The maximum Gasteiger partial charge on any atom is 0.338 e. The van der Waals surface area contributed by atoms with E-state index in [2.05, 4.69) is 16.0 Å². The Balaban J connectivity index is 1.43. The lowest BCUT2D eigenvalue weighted by molar-refractivity contribution is 0.0508. The molecule has 0 N–H and O–H groups in total. The van der Waals surface area contributed by atoms with Gasteiger partial charge in [0, 0.05) is 41.0 Å². The number of hydrogen-bond donors (Lipinski definition) is 0. The fourth-order valence-corrected chi connectivity index (χ4v) is 3.42. The van der Waals surface area contributed by atoms with Gasteiger partial charge in [0.15, 0.2) is 0 Å². The minimum Gasteiger partial charge on any atom is -0.462 e. The molecule has 4 rings (SSSR count). The van der Waals surface area contributed by atoms with Gasteiger partial charge in [-0.2, -0.15) is 0 Å². The van der Waals surface area contributed by atoms with E-state index in [4.69, 9.17) is 16.3 Å². The molecule has 0 amide bonds. The average Bonchev–Trinajstić information content (AvgIpc) is 2.74. The molecule has 1 aromatic heterocycles. The van der Waals surface area contributed by atoms with Gasteiger partial charge in [0.25, 0.3) is 0 Å². The number of aliphatic imine (C=N–C) groups is 1. The fraction of sp³-hybridized carbons (Fsp3) is 0.174. The van der Waals surface area contributed by atoms with Crippen molar-refractivity contribution in [2.45, 2.75) is 12.8 Å². The molecule has 2 aromatic carbocycles. The minimum atomic E-state index is -0.337. The van der Waals surface area contributed by atoms with Gasteiger partial charge in [0.05, 0.1) is 17.9 Å². The van der Waals surface area contributed by atoms with E-state index in [9.17, 15) is 4.79 Å². The van der Waals surface area contributed by atoms with Crippen LogP contribution in [0.15, 0.2) is 71.9 Å². The molecule has 1 aliphatic rings. The zero-order valence-electron chi connectivity index (χ0n) is 15.3. The smallest absolute Gasteiger partial charge is 0.338 e. The Kier molecular flexibility index (Phi) is 5.49. The summed E-state index contributed by atoms with van der Waals surface area (Å²) in [5.41, 5.74) is 5.61. The number of hydrogen-bond acceptors (Lipinski definition) is 4. The normalized spacial score (nSPS) is 12.8. The lowest BCUT2D eigenvalue weighted by Gasteiger charge is -2.17. The van der Waals surface area contributed by atoms with Crippen molar-refractivity contribution in [3.63, 3.8) is 0 Å². The molecule has 0 aliphatic carbocycles. The number of halogens is 1. The Labute approximate surface area is 168 Å². The van der Waals surface area contributed by atoms with Crippen molar-refractivity contribution in [1.82, 2.24) is 4.98 Å². The molecule has 2 heterocycles. The molecule has 5 heteroatoms. The number of pyridine rings is 1. The number of rotatable bonds is 5. The van der Waals surface area contributed by atoms with Gasteiger partial charge in [0.1, 0.15) is 0 Å². The molecule has 0 saturated heterocycles. The Bertz CT molecular complexity index is 1010.